The first-order valence-corrected chi connectivity index (χ1v) is 3.17. The highest BCUT2D eigenvalue weighted by molar-refractivity contribution is 7.78. The van der Waals surface area contributed by atoms with E-state index in [4.69, 9.17) is 22.0 Å². The summed E-state index contributed by atoms with van der Waals surface area (Å²) >= 11 is 3.86. The van der Waals surface area contributed by atoms with E-state index in [2.05, 4.69) is 12.8 Å². The van der Waals surface area contributed by atoms with Crippen molar-refractivity contribution >= 4 is 24.5 Å². The summed E-state index contributed by atoms with van der Waals surface area (Å²) in [5.74, 6) is -0.240. The molecule has 0 amide bonds. The van der Waals surface area contributed by atoms with Crippen LogP contribution in [-0.2, 0) is 0 Å². The Bertz CT molecular complexity index is 306. The Kier molecular flexibility index (Phi) is 1.69. The molecule has 5 nitrogen and oxygen atoms in total. The molecule has 0 aliphatic heterocycles. The lowest BCUT2D eigenvalue weighted by atomic mass is 10.3. The van der Waals surface area contributed by atoms with Crippen LogP contribution in [-0.4, -0.2) is 14.9 Å². The monoisotopic (exact) mass is 172 g/mol. The summed E-state index contributed by atoms with van der Waals surface area (Å²) in [6.45, 7) is 0. The topological polar surface area (TPSA) is 101 Å². The highest BCUT2D eigenvalue weighted by atomic mass is 32.1. The summed E-state index contributed by atoms with van der Waals surface area (Å²) in [7, 11) is 0. The molecular weight excluding hydrogens is 164 g/mol. The first kappa shape index (κ1) is 7.80. The van der Waals surface area contributed by atoms with Gasteiger partial charge in [-0.05, 0) is 0 Å². The molecule has 1 heterocycles. The molecule has 0 unspecified atom stereocenters. The molecule has 1 rings (SSSR count). The first-order chi connectivity index (χ1) is 5.04. The molecule has 1 aromatic heterocycles. The molecule has 6 N–H and O–H groups in total. The average Bonchev–Trinajstić information content (AvgIpc) is 2.07. The number of nitrogen functional groups attached to an aromatic ring is 2. The third-order valence-corrected chi connectivity index (χ3v) is 1.60. The number of hydrogen-bond acceptors (Lipinski definition) is 4. The molecule has 0 spiro atoms. The second-order valence-electron chi connectivity index (χ2n) is 2.03. The molecule has 0 radical (unpaired) electrons. The van der Waals surface area contributed by atoms with Gasteiger partial charge in [-0.15, -0.1) is 0 Å². The Hall–Kier alpha value is -1.30. The van der Waals surface area contributed by atoms with Gasteiger partial charge in [-0.2, -0.15) is 0 Å². The molecule has 0 bridgehead atoms. The lowest BCUT2D eigenvalue weighted by molar-refractivity contribution is 0.475. The molecule has 60 valence electrons. The van der Waals surface area contributed by atoms with Crippen molar-refractivity contribution in [2.45, 2.75) is 0 Å². The van der Waals surface area contributed by atoms with Gasteiger partial charge in [0, 0.05) is 0 Å². The van der Waals surface area contributed by atoms with Crippen molar-refractivity contribution < 1.29 is 5.11 Å². The summed E-state index contributed by atoms with van der Waals surface area (Å²) in [4.78, 5) is 0. The number of nitrogens with two attached hydrogens (primary N) is 2. The van der Waals surface area contributed by atoms with Crippen molar-refractivity contribution in [1.82, 2.24) is 3.97 Å². The SMILES string of the molecule is N=C(N)c1c(O)cn(S)c1N. The Morgan fingerprint density at radius 2 is 2.27 bits per heavy atom. The van der Waals surface area contributed by atoms with E-state index in [1.165, 1.54) is 10.2 Å². The van der Waals surface area contributed by atoms with Crippen molar-refractivity contribution in [1.29, 1.82) is 5.41 Å². The zero-order valence-electron chi connectivity index (χ0n) is 5.57. The van der Waals surface area contributed by atoms with E-state index in [0.29, 0.717) is 0 Å². The molecule has 0 fully saturated rings. The highest BCUT2D eigenvalue weighted by Gasteiger charge is 2.13. The number of anilines is 1. The zero-order valence-corrected chi connectivity index (χ0v) is 6.47. The van der Waals surface area contributed by atoms with Gasteiger partial charge in [0.05, 0.1) is 6.20 Å². The van der Waals surface area contributed by atoms with Gasteiger partial charge in [0.15, 0.2) is 0 Å². The molecule has 0 aliphatic rings. The van der Waals surface area contributed by atoms with E-state index >= 15 is 0 Å². The van der Waals surface area contributed by atoms with Crippen LogP contribution in [0.3, 0.4) is 0 Å². The minimum Gasteiger partial charge on any atom is -0.505 e. The molecule has 6 heteroatoms. The van der Waals surface area contributed by atoms with E-state index in [9.17, 15) is 0 Å². The van der Waals surface area contributed by atoms with Crippen LogP contribution in [0.5, 0.6) is 5.75 Å². The maximum Gasteiger partial charge on any atom is 0.147 e. The molecular formula is C5H8N4OS. The summed E-state index contributed by atoms with van der Waals surface area (Å²) in [5.41, 5.74) is 10.7. The van der Waals surface area contributed by atoms with E-state index in [0.717, 1.165) is 0 Å². The number of nitrogens with one attached hydrogen (secondary N) is 1. The quantitative estimate of drug-likeness (QED) is 0.229. The lowest BCUT2D eigenvalue weighted by Gasteiger charge is -1.97. The number of hydrogen-bond donors (Lipinski definition) is 5. The van der Waals surface area contributed by atoms with Crippen LogP contribution in [0.25, 0.3) is 0 Å². The standard InChI is InChI=1S/C5H8N4OS/c6-4(7)3-2(10)1-9(11)5(3)8/h1,10-11H,8H2,(H3,6,7). The minimum absolute atomic E-state index is 0.125. The third-order valence-electron chi connectivity index (χ3n) is 1.27. The Morgan fingerprint density at radius 1 is 1.73 bits per heavy atom. The maximum atomic E-state index is 9.11. The van der Waals surface area contributed by atoms with Crippen molar-refractivity contribution in [2.24, 2.45) is 5.73 Å². The number of thiol groups is 1. The van der Waals surface area contributed by atoms with Gasteiger partial charge >= 0.3 is 0 Å². The lowest BCUT2D eigenvalue weighted by Crippen LogP contribution is -2.12. The van der Waals surface area contributed by atoms with Gasteiger partial charge in [0.2, 0.25) is 0 Å². The van der Waals surface area contributed by atoms with Gasteiger partial charge < -0.3 is 16.6 Å². The van der Waals surface area contributed by atoms with E-state index in [1.807, 2.05) is 0 Å². The first-order valence-electron chi connectivity index (χ1n) is 2.77. The smallest absolute Gasteiger partial charge is 0.147 e. The molecule has 0 aliphatic carbocycles. The number of aromatic nitrogens is 1. The van der Waals surface area contributed by atoms with Gasteiger partial charge in [0.1, 0.15) is 23.0 Å². The van der Waals surface area contributed by atoms with Crippen molar-refractivity contribution in [3.8, 4) is 5.75 Å². The third kappa shape index (κ3) is 1.12. The van der Waals surface area contributed by atoms with Crippen LogP contribution >= 0.6 is 12.8 Å². The number of nitrogens with zero attached hydrogens (tertiary/aromatic N) is 1. The largest absolute Gasteiger partial charge is 0.505 e. The van der Waals surface area contributed by atoms with Crippen LogP contribution in [0.1, 0.15) is 5.56 Å². The predicted molar refractivity (Wildman–Crippen MR) is 45.9 cm³/mol. The van der Waals surface area contributed by atoms with E-state index < -0.39 is 0 Å². The minimum atomic E-state index is -0.271. The Morgan fingerprint density at radius 3 is 2.45 bits per heavy atom. The number of aromatic hydroxyl groups is 1. The van der Waals surface area contributed by atoms with Gasteiger partial charge in [-0.1, -0.05) is 12.8 Å². The molecule has 0 saturated heterocycles. The normalized spacial score (nSPS) is 9.91. The van der Waals surface area contributed by atoms with Crippen LogP contribution in [0, 0.1) is 5.41 Å². The number of amidine groups is 1. The summed E-state index contributed by atoms with van der Waals surface area (Å²) in [6.07, 6.45) is 1.27. The van der Waals surface area contributed by atoms with E-state index in [1.54, 1.807) is 0 Å². The fourth-order valence-electron chi connectivity index (χ4n) is 0.772. The second kappa shape index (κ2) is 2.39. The molecule has 11 heavy (non-hydrogen) atoms. The average molecular weight is 172 g/mol. The predicted octanol–water partition coefficient (Wildman–Crippen LogP) is -0.247. The molecule has 0 saturated carbocycles. The summed E-state index contributed by atoms with van der Waals surface area (Å²) < 4.78 is 1.20. The van der Waals surface area contributed by atoms with Crippen LogP contribution in [0.2, 0.25) is 0 Å². The van der Waals surface area contributed by atoms with Crippen LogP contribution in [0.4, 0.5) is 5.82 Å². The molecule has 0 aromatic carbocycles. The van der Waals surface area contributed by atoms with Crippen LogP contribution in [0.15, 0.2) is 6.20 Å². The fourth-order valence-corrected chi connectivity index (χ4v) is 0.981. The Labute approximate surface area is 68.7 Å². The summed E-state index contributed by atoms with van der Waals surface area (Å²) in [6, 6.07) is 0. The second-order valence-corrected chi connectivity index (χ2v) is 2.46. The maximum absolute atomic E-state index is 9.11. The van der Waals surface area contributed by atoms with Crippen molar-refractivity contribution in [3.63, 3.8) is 0 Å². The van der Waals surface area contributed by atoms with Gasteiger partial charge in [-0.25, -0.2) is 0 Å². The zero-order chi connectivity index (χ0) is 8.59. The van der Waals surface area contributed by atoms with Gasteiger partial charge in [0.25, 0.3) is 0 Å². The van der Waals surface area contributed by atoms with Crippen molar-refractivity contribution in [2.75, 3.05) is 5.73 Å². The summed E-state index contributed by atoms with van der Waals surface area (Å²) in [5, 5.41) is 16.1. The van der Waals surface area contributed by atoms with Gasteiger partial charge in [-0.3, -0.25) is 9.38 Å². The Balaban J connectivity index is 3.34. The van der Waals surface area contributed by atoms with E-state index in [-0.39, 0.29) is 23.0 Å². The molecule has 0 atom stereocenters. The van der Waals surface area contributed by atoms with Crippen LogP contribution < -0.4 is 11.5 Å². The van der Waals surface area contributed by atoms with Crippen molar-refractivity contribution in [3.05, 3.63) is 11.8 Å². The highest BCUT2D eigenvalue weighted by Crippen LogP contribution is 2.25. The fraction of sp³-hybridized carbons (Fsp3) is 0. The molecule has 1 aromatic rings. The number of rotatable bonds is 1.